The molecule has 0 bridgehead atoms. The minimum Gasteiger partial charge on any atom is -0.380 e. The van der Waals surface area contributed by atoms with Crippen molar-refractivity contribution in [2.45, 2.75) is 25.2 Å². The van der Waals surface area contributed by atoms with E-state index < -0.39 is 30.1 Å². The molecule has 3 atom stereocenters. The largest absolute Gasteiger partial charge is 0.380 e. The van der Waals surface area contributed by atoms with E-state index in [1.807, 2.05) is 0 Å². The van der Waals surface area contributed by atoms with E-state index in [1.54, 1.807) is 42.1 Å². The highest BCUT2D eigenvalue weighted by atomic mass is 16.5. The van der Waals surface area contributed by atoms with E-state index in [0.29, 0.717) is 28.2 Å². The first-order valence-corrected chi connectivity index (χ1v) is 10.3. The second-order valence-electron chi connectivity index (χ2n) is 7.75. The number of nitrogens with two attached hydrogens (primary N) is 1. The number of nitrogens with zero attached hydrogens (tertiary/aromatic N) is 6. The van der Waals surface area contributed by atoms with Crippen molar-refractivity contribution in [1.29, 1.82) is 0 Å². The van der Waals surface area contributed by atoms with Gasteiger partial charge < -0.3 is 25.4 Å². The van der Waals surface area contributed by atoms with Crippen LogP contribution in [0.25, 0.3) is 16.7 Å². The van der Waals surface area contributed by atoms with Crippen molar-refractivity contribution in [3.05, 3.63) is 48.9 Å². The van der Waals surface area contributed by atoms with Gasteiger partial charge in [0.2, 0.25) is 0 Å². The Morgan fingerprint density at radius 3 is 2.94 bits per heavy atom. The summed E-state index contributed by atoms with van der Waals surface area (Å²) in [4.78, 5) is 27.2. The molecule has 13 nitrogen and oxygen atoms in total. The van der Waals surface area contributed by atoms with Gasteiger partial charge in [0.05, 0.1) is 36.1 Å². The van der Waals surface area contributed by atoms with E-state index >= 15 is 0 Å². The van der Waals surface area contributed by atoms with Crippen molar-refractivity contribution >= 4 is 40.1 Å². The minimum absolute atomic E-state index is 0.207. The van der Waals surface area contributed by atoms with Crippen LogP contribution in [-0.4, -0.2) is 66.9 Å². The zero-order valence-electron chi connectivity index (χ0n) is 17.9. The zero-order chi connectivity index (χ0) is 23.8. The van der Waals surface area contributed by atoms with Crippen LogP contribution in [-0.2, 0) is 14.3 Å². The summed E-state index contributed by atoms with van der Waals surface area (Å²) in [5.74, 6) is -0.821. The molecule has 1 aliphatic heterocycles. The Labute approximate surface area is 192 Å². The Kier molecular flexibility index (Phi) is 5.39. The van der Waals surface area contributed by atoms with Crippen LogP contribution in [0.5, 0.6) is 0 Å². The van der Waals surface area contributed by atoms with E-state index in [-0.39, 0.29) is 12.4 Å². The fourth-order valence-corrected chi connectivity index (χ4v) is 3.68. The standard InChI is InChI=1S/C21H20N8O5/c1-11-10-28(16-5-7-29(26-16)13-4-6-23-24-9-13)21(32)18(33-11)17(30)20(31)25-12-2-3-14-15(8-12)34-27-19(14)22/h2-9,11,17-18,30H,10H2,1H3,(H2,22,27)(H,25,31)/t11-,17-,18-/m1/s1. The van der Waals surface area contributed by atoms with Crippen LogP contribution in [0.2, 0.25) is 0 Å². The number of hydrogen-bond acceptors (Lipinski definition) is 10. The molecule has 0 saturated carbocycles. The monoisotopic (exact) mass is 464 g/mol. The predicted octanol–water partition coefficient (Wildman–Crippen LogP) is 0.506. The van der Waals surface area contributed by atoms with Crippen LogP contribution in [0.3, 0.4) is 0 Å². The fraction of sp³-hybridized carbons (Fsp3) is 0.238. The molecule has 4 heterocycles. The fourth-order valence-electron chi connectivity index (χ4n) is 3.68. The molecule has 5 rings (SSSR count). The number of morpholine rings is 1. The molecule has 2 amide bonds. The molecule has 0 radical (unpaired) electrons. The molecule has 0 unspecified atom stereocenters. The summed E-state index contributed by atoms with van der Waals surface area (Å²) in [5, 5.41) is 29.4. The third-order valence-corrected chi connectivity index (χ3v) is 5.34. The number of aliphatic hydroxyl groups excluding tert-OH is 1. The quantitative estimate of drug-likeness (QED) is 0.377. The van der Waals surface area contributed by atoms with Crippen LogP contribution in [0.4, 0.5) is 17.3 Å². The number of hydrogen-bond donors (Lipinski definition) is 3. The molecule has 4 aromatic rings. The van der Waals surface area contributed by atoms with Gasteiger partial charge in [0.1, 0.15) is 0 Å². The van der Waals surface area contributed by atoms with Crippen LogP contribution < -0.4 is 16.0 Å². The molecule has 34 heavy (non-hydrogen) atoms. The van der Waals surface area contributed by atoms with Gasteiger partial charge in [-0.15, -0.1) is 5.10 Å². The minimum atomic E-state index is -1.76. The maximum Gasteiger partial charge on any atom is 0.260 e. The topological polar surface area (TPSA) is 175 Å². The number of nitrogens with one attached hydrogen (secondary N) is 1. The van der Waals surface area contributed by atoms with Gasteiger partial charge in [-0.1, -0.05) is 5.16 Å². The Morgan fingerprint density at radius 2 is 2.15 bits per heavy atom. The number of aliphatic hydroxyl groups is 1. The van der Waals surface area contributed by atoms with Crippen LogP contribution >= 0.6 is 0 Å². The molecular formula is C21H20N8O5. The van der Waals surface area contributed by atoms with Crippen LogP contribution in [0.1, 0.15) is 6.92 Å². The summed E-state index contributed by atoms with van der Waals surface area (Å²) in [6, 6.07) is 8.10. The van der Waals surface area contributed by atoms with Crippen LogP contribution in [0, 0.1) is 0 Å². The van der Waals surface area contributed by atoms with Gasteiger partial charge in [-0.2, -0.15) is 10.2 Å². The molecule has 1 fully saturated rings. The van der Waals surface area contributed by atoms with Gasteiger partial charge in [0.15, 0.2) is 29.4 Å². The Balaban J connectivity index is 1.33. The molecule has 1 aliphatic rings. The van der Waals surface area contributed by atoms with Crippen molar-refractivity contribution in [3.8, 4) is 5.69 Å². The molecule has 4 N–H and O–H groups in total. The third-order valence-electron chi connectivity index (χ3n) is 5.34. The SMILES string of the molecule is C[C@@H]1CN(c2ccn(-c3ccnnc3)n2)C(=O)[C@@H]([C@@H](O)C(=O)Nc2ccc3c(N)noc3c2)O1. The average molecular weight is 464 g/mol. The summed E-state index contributed by atoms with van der Waals surface area (Å²) in [7, 11) is 0. The van der Waals surface area contributed by atoms with Gasteiger partial charge in [-0.05, 0) is 25.1 Å². The number of rotatable bonds is 5. The molecule has 0 spiro atoms. The van der Waals surface area contributed by atoms with Gasteiger partial charge >= 0.3 is 0 Å². The van der Waals surface area contributed by atoms with E-state index in [2.05, 4.69) is 25.8 Å². The Hall–Kier alpha value is -4.36. The lowest BCUT2D eigenvalue weighted by atomic mass is 10.1. The lowest BCUT2D eigenvalue weighted by molar-refractivity contribution is -0.156. The highest BCUT2D eigenvalue weighted by Gasteiger charge is 2.42. The number of amides is 2. The maximum atomic E-state index is 13.1. The van der Waals surface area contributed by atoms with E-state index in [4.69, 9.17) is 15.0 Å². The first kappa shape index (κ1) is 21.5. The molecule has 174 valence electrons. The highest BCUT2D eigenvalue weighted by Crippen LogP contribution is 2.25. The van der Waals surface area contributed by atoms with Gasteiger partial charge in [-0.3, -0.25) is 14.5 Å². The summed E-state index contributed by atoms with van der Waals surface area (Å²) < 4.78 is 12.3. The van der Waals surface area contributed by atoms with Crippen molar-refractivity contribution < 1.29 is 24.0 Å². The van der Waals surface area contributed by atoms with E-state index in [9.17, 15) is 14.7 Å². The van der Waals surface area contributed by atoms with Crippen molar-refractivity contribution in [3.63, 3.8) is 0 Å². The summed E-state index contributed by atoms with van der Waals surface area (Å²) in [6.07, 6.45) is 1.09. The molecule has 1 aromatic carbocycles. The number of fused-ring (bicyclic) bond motifs is 1. The first-order valence-electron chi connectivity index (χ1n) is 10.3. The van der Waals surface area contributed by atoms with Crippen LogP contribution in [0.15, 0.2) is 53.4 Å². The number of benzene rings is 1. The Bertz CT molecular complexity index is 1350. The Morgan fingerprint density at radius 1 is 1.29 bits per heavy atom. The lowest BCUT2D eigenvalue weighted by Crippen LogP contribution is -2.58. The smallest absolute Gasteiger partial charge is 0.260 e. The first-order chi connectivity index (χ1) is 16.4. The number of anilines is 3. The zero-order valence-corrected chi connectivity index (χ0v) is 17.9. The highest BCUT2D eigenvalue weighted by molar-refractivity contribution is 6.04. The number of ether oxygens (including phenoxy) is 1. The summed E-state index contributed by atoms with van der Waals surface area (Å²) in [5.41, 5.74) is 7.07. The van der Waals surface area contributed by atoms with E-state index in [0.717, 1.165) is 0 Å². The maximum absolute atomic E-state index is 13.1. The number of aromatic nitrogens is 5. The summed E-state index contributed by atoms with van der Waals surface area (Å²) in [6.45, 7) is 1.95. The number of carbonyl (C=O) groups excluding carboxylic acids is 2. The third kappa shape index (κ3) is 3.93. The molecule has 3 aromatic heterocycles. The molecule has 1 saturated heterocycles. The predicted molar refractivity (Wildman–Crippen MR) is 119 cm³/mol. The van der Waals surface area contributed by atoms with Crippen molar-refractivity contribution in [1.82, 2.24) is 25.1 Å². The van der Waals surface area contributed by atoms with E-state index in [1.165, 1.54) is 23.4 Å². The molecular weight excluding hydrogens is 444 g/mol. The number of carbonyl (C=O) groups is 2. The van der Waals surface area contributed by atoms with Gasteiger partial charge in [0, 0.05) is 24.0 Å². The lowest BCUT2D eigenvalue weighted by Gasteiger charge is -2.36. The second kappa shape index (κ2) is 8.53. The molecule has 0 aliphatic carbocycles. The van der Waals surface area contributed by atoms with Gasteiger partial charge in [0.25, 0.3) is 11.8 Å². The van der Waals surface area contributed by atoms with Gasteiger partial charge in [-0.25, -0.2) is 4.68 Å². The van der Waals surface area contributed by atoms with Crippen molar-refractivity contribution in [2.24, 2.45) is 0 Å². The second-order valence-corrected chi connectivity index (χ2v) is 7.75. The van der Waals surface area contributed by atoms with Crippen molar-refractivity contribution in [2.75, 3.05) is 22.5 Å². The normalized spacial score (nSPS) is 19.4. The summed E-state index contributed by atoms with van der Waals surface area (Å²) >= 11 is 0. The molecule has 13 heteroatoms. The number of nitrogen functional groups attached to an aromatic ring is 1. The average Bonchev–Trinajstić information content (AvgIpc) is 3.47.